The minimum absolute atomic E-state index is 0.0153. The number of methoxy groups -OCH3 is 2. The summed E-state index contributed by atoms with van der Waals surface area (Å²) in [6, 6.07) is 28.7. The van der Waals surface area contributed by atoms with Gasteiger partial charge in [-0.1, -0.05) is 24.3 Å². The standard InChI is InChI=1S/C31H39FN4O4.C21H20BrFN2O2.C20H22F4N4O2.C13H10Br2FNO.C10H20N2O2/c1-19-28-24(12-13-25(37)36(28)22-8-9-22)27(33-16-20-6-10-23(39-5)11-7-20)26(32)29(19)35-15-14-21(18-35)17-34-30(38)40-31(2,3)4;1-12-18(22)19(23)20(24-11-13-3-7-15(27-2)8-4-13)16-9-10-17(26)25(21(12)16)14-5-6-14;1-10-17-13(4-5-14(29)28(17)12-2-3-12)16(25)15(21)18(10)27-7-6-11(9-27)8-26-19(30)20(22,23)24;1-6-10(14)12(16)11(15)8-4-5-9(18)17(13(6)8)7-2-3-7;1-10(2,3)14-9(13)12-7-8-4-5-11-6-8/h6-7,10-13,21-22,33H,8-9,14-18H2,1-5H3,(H,34,38);3-4,7-10,14,24H,5-6,11H2,1-2H3;4-5,11-12H,2-3,6-9,25H2,1H3,(H,26,30);4-5,7H,2-3H2,1H3;8,11H,4-7H2,1-3H3,(H,12,13). The molecule has 0 radical (unpaired) electrons. The highest BCUT2D eigenvalue weighted by molar-refractivity contribution is 9.11. The molecule has 129 heavy (non-hydrogen) atoms. The van der Waals surface area contributed by atoms with E-state index in [9.17, 15) is 51.1 Å². The lowest BCUT2D eigenvalue weighted by Gasteiger charge is -2.27. The highest BCUT2D eigenvalue weighted by Gasteiger charge is 2.41. The number of benzene rings is 6. The molecule has 4 aliphatic carbocycles. The van der Waals surface area contributed by atoms with Crippen LogP contribution in [-0.4, -0.2) is 127 Å². The zero-order chi connectivity index (χ0) is 93.2. The lowest BCUT2D eigenvalue weighted by molar-refractivity contribution is -0.173. The lowest BCUT2D eigenvalue weighted by Crippen LogP contribution is -2.39. The number of fused-ring (bicyclic) bond motifs is 4. The third-order valence-corrected chi connectivity index (χ3v) is 26.6. The number of hydrogen-bond acceptors (Lipinski definition) is 17. The summed E-state index contributed by atoms with van der Waals surface area (Å²) >= 11 is 9.91. The molecule has 0 spiro atoms. The van der Waals surface area contributed by atoms with Gasteiger partial charge in [-0.2, -0.15) is 13.2 Å². The van der Waals surface area contributed by atoms with Gasteiger partial charge in [-0.25, -0.2) is 27.2 Å². The lowest BCUT2D eigenvalue weighted by atomic mass is 10.0. The maximum Gasteiger partial charge on any atom is 0.471 e. The molecule has 7 heterocycles. The van der Waals surface area contributed by atoms with E-state index < -0.39 is 35.2 Å². The summed E-state index contributed by atoms with van der Waals surface area (Å²) in [7, 11) is 3.25. The van der Waals surface area contributed by atoms with Gasteiger partial charge in [0.25, 0.3) is 22.2 Å². The van der Waals surface area contributed by atoms with E-state index in [1.165, 1.54) is 24.3 Å². The highest BCUT2D eigenvalue weighted by atomic mass is 79.9. The number of nitrogens with one attached hydrogen (secondary N) is 6. The first-order chi connectivity index (χ1) is 61.1. The fraction of sp³-hybridized carbons (Fsp3) is 0.463. The summed E-state index contributed by atoms with van der Waals surface area (Å²) in [6.07, 6.45) is 4.40. The molecule has 3 unspecified atom stereocenters. The maximum absolute atomic E-state index is 16.5. The van der Waals surface area contributed by atoms with Crippen molar-refractivity contribution < 1.29 is 64.1 Å². The molecule has 3 aliphatic heterocycles. The van der Waals surface area contributed by atoms with Crippen LogP contribution in [0.1, 0.15) is 170 Å². The maximum atomic E-state index is 16.5. The number of rotatable bonds is 20. The Bertz CT molecular complexity index is 6140. The number of halogens is 10. The number of aryl methyl sites for hydroxylation is 4. The Labute approximate surface area is 768 Å². The molecule has 4 saturated carbocycles. The van der Waals surface area contributed by atoms with Crippen LogP contribution in [0.5, 0.6) is 11.5 Å². The fourth-order valence-electron chi connectivity index (χ4n) is 17.0. The Balaban J connectivity index is 0.000000143. The molecule has 692 valence electrons. The molecular formula is C95H111Br3F7N13O11. The van der Waals surface area contributed by atoms with Gasteiger partial charge in [-0.15, -0.1) is 0 Å². The van der Waals surface area contributed by atoms with Gasteiger partial charge < -0.3 is 84.7 Å². The second kappa shape index (κ2) is 40.2. The molecule has 0 bridgehead atoms. The van der Waals surface area contributed by atoms with Crippen molar-refractivity contribution in [3.8, 4) is 11.5 Å². The van der Waals surface area contributed by atoms with Crippen LogP contribution >= 0.6 is 47.8 Å². The van der Waals surface area contributed by atoms with Crippen molar-refractivity contribution in [2.75, 3.05) is 99.3 Å². The number of carbonyl (C=O) groups excluding carboxylic acids is 3. The van der Waals surface area contributed by atoms with Gasteiger partial charge in [-0.05, 0) is 300 Å². The van der Waals surface area contributed by atoms with Crippen LogP contribution in [0.4, 0.5) is 68.8 Å². The fourth-order valence-corrected chi connectivity index (χ4v) is 18.6. The van der Waals surface area contributed by atoms with E-state index in [0.717, 1.165) is 144 Å². The summed E-state index contributed by atoms with van der Waals surface area (Å²) in [4.78, 5) is 88.2. The third kappa shape index (κ3) is 22.6. The molecule has 17 rings (SSSR count). The number of anilines is 5. The van der Waals surface area contributed by atoms with Crippen LogP contribution < -0.4 is 79.1 Å². The number of aromatic nitrogens is 4. The largest absolute Gasteiger partial charge is 0.497 e. The quantitative estimate of drug-likeness (QED) is 0.0212. The van der Waals surface area contributed by atoms with E-state index in [1.54, 1.807) is 59.4 Å². The van der Waals surface area contributed by atoms with E-state index >= 15 is 13.2 Å². The van der Waals surface area contributed by atoms with Crippen molar-refractivity contribution in [1.82, 2.24) is 39.5 Å². The predicted octanol–water partition coefficient (Wildman–Crippen LogP) is 19.2. The second-order valence-corrected chi connectivity index (χ2v) is 38.5. The van der Waals surface area contributed by atoms with Gasteiger partial charge in [0.05, 0.1) is 78.1 Å². The second-order valence-electron chi connectivity index (χ2n) is 36.1. The predicted molar refractivity (Wildman–Crippen MR) is 502 cm³/mol. The van der Waals surface area contributed by atoms with Gasteiger partial charge in [0, 0.05) is 129 Å². The highest BCUT2D eigenvalue weighted by Crippen LogP contribution is 2.48. The zero-order valence-corrected chi connectivity index (χ0v) is 79.1. The summed E-state index contributed by atoms with van der Waals surface area (Å²) < 4.78 is 127. The molecule has 3 atom stereocenters. The number of pyridine rings is 4. The van der Waals surface area contributed by atoms with E-state index in [4.69, 9.17) is 24.7 Å². The van der Waals surface area contributed by atoms with E-state index in [0.29, 0.717) is 110 Å². The van der Waals surface area contributed by atoms with Gasteiger partial charge in [-0.3, -0.25) is 24.0 Å². The smallest absolute Gasteiger partial charge is 0.471 e. The number of alkyl halides is 3. The SMILES string of the molecule is CC(C)(C)OC(=O)NCC1CCNC1.COc1ccc(CNc2c(F)c(Br)c(C)c3c2ccc(=O)n3C2CC2)cc1.COc1ccc(CNc2c(F)c(N3CCC(CNC(=O)OC(C)(C)C)C3)c(C)c3c2ccc(=O)n3C2CC2)cc1.Cc1c(Br)c(F)c(Br)c2ccc(=O)n(C3CC3)c12.Cc1c(N2CCC(CNC(=O)C(F)(F)F)C2)c(F)c(N)c2ccc(=O)n(C3CC3)c12. The van der Waals surface area contributed by atoms with Crippen molar-refractivity contribution >= 4 is 138 Å². The monoisotopic (exact) mass is 1980 g/mol. The normalized spacial score (nSPS) is 17.3. The summed E-state index contributed by atoms with van der Waals surface area (Å²) in [5.74, 6) is -1.56. The van der Waals surface area contributed by atoms with Crippen molar-refractivity contribution in [1.29, 1.82) is 0 Å². The summed E-state index contributed by atoms with van der Waals surface area (Å²) in [6.45, 7) is 24.3. The molecule has 7 fully saturated rings. The van der Waals surface area contributed by atoms with Crippen LogP contribution in [0.25, 0.3) is 43.6 Å². The molecule has 8 N–H and O–H groups in total. The number of ether oxygens (including phenoxy) is 4. The first-order valence-corrected chi connectivity index (χ1v) is 46.0. The van der Waals surface area contributed by atoms with Gasteiger partial charge in [0.15, 0.2) is 23.3 Å². The number of amides is 3. The van der Waals surface area contributed by atoms with Crippen LogP contribution in [0.15, 0.2) is 130 Å². The number of hydrogen-bond donors (Lipinski definition) is 7. The Morgan fingerprint density at radius 3 is 1.19 bits per heavy atom. The van der Waals surface area contributed by atoms with E-state index in [1.807, 2.05) is 125 Å². The van der Waals surface area contributed by atoms with Crippen LogP contribution in [0.2, 0.25) is 0 Å². The number of nitrogens with two attached hydrogens (primary N) is 1. The Kier molecular flexibility index (Phi) is 30.0. The average molecular weight is 1980 g/mol. The van der Waals surface area contributed by atoms with Gasteiger partial charge >= 0.3 is 24.3 Å². The molecule has 3 saturated heterocycles. The molecule has 7 aliphatic rings. The van der Waals surface area contributed by atoms with Crippen molar-refractivity contribution in [3.05, 3.63) is 209 Å². The van der Waals surface area contributed by atoms with Gasteiger partial charge in [0.2, 0.25) is 0 Å². The van der Waals surface area contributed by atoms with Crippen LogP contribution in [0.3, 0.4) is 0 Å². The number of nitrogens with zero attached hydrogens (tertiary/aromatic N) is 6. The van der Waals surface area contributed by atoms with Crippen molar-refractivity contribution in [3.63, 3.8) is 0 Å². The first-order valence-electron chi connectivity index (χ1n) is 43.6. The van der Waals surface area contributed by atoms with E-state index in [2.05, 4.69) is 79.3 Å². The summed E-state index contributed by atoms with van der Waals surface area (Å²) in [5.41, 5.74) is 14.3. The minimum Gasteiger partial charge on any atom is -0.497 e. The molecule has 4 aromatic heterocycles. The first kappa shape index (κ1) is 96.2. The Morgan fingerprint density at radius 1 is 0.442 bits per heavy atom. The Morgan fingerprint density at radius 2 is 0.798 bits per heavy atom. The molecule has 6 aromatic carbocycles. The molecule has 24 nitrogen and oxygen atoms in total. The average Bonchev–Trinajstić information content (AvgIpc) is 1.72. The minimum atomic E-state index is -4.93. The summed E-state index contributed by atoms with van der Waals surface area (Å²) in [5, 5.41) is 20.0. The number of alkyl carbamates (subject to hydrolysis) is 2. The molecule has 10 aromatic rings. The van der Waals surface area contributed by atoms with Crippen molar-refractivity contribution in [2.45, 2.75) is 195 Å². The molecule has 34 heteroatoms. The molecule has 3 amide bonds. The molecular weight excluding hydrogens is 1870 g/mol. The van der Waals surface area contributed by atoms with Gasteiger partial charge in [0.1, 0.15) is 22.7 Å². The number of nitrogen functional groups attached to an aromatic ring is 1. The van der Waals surface area contributed by atoms with Crippen molar-refractivity contribution in [2.24, 2.45) is 17.8 Å². The zero-order valence-electron chi connectivity index (χ0n) is 74.4. The van der Waals surface area contributed by atoms with Crippen LogP contribution in [0, 0.1) is 68.7 Å². The van der Waals surface area contributed by atoms with Crippen LogP contribution in [-0.2, 0) is 27.4 Å². The topological polar surface area (TPSA) is 281 Å². The number of carbonyl (C=O) groups is 3. The van der Waals surface area contributed by atoms with E-state index in [-0.39, 0.29) is 106 Å². The third-order valence-electron chi connectivity index (χ3n) is 24.0. The Hall–Kier alpha value is -10.3.